The van der Waals surface area contributed by atoms with Crippen LogP contribution in [0.25, 0.3) is 0 Å². The molecule has 1 saturated carbocycles. The van der Waals surface area contributed by atoms with Crippen molar-refractivity contribution in [2.24, 2.45) is 5.92 Å². The Morgan fingerprint density at radius 3 is 2.67 bits per heavy atom. The Balaban J connectivity index is 1.86. The summed E-state index contributed by atoms with van der Waals surface area (Å²) in [5.41, 5.74) is 7.47. The minimum atomic E-state index is -0.0935. The van der Waals surface area contributed by atoms with Gasteiger partial charge in [0.2, 0.25) is 0 Å². The fourth-order valence-electron chi connectivity index (χ4n) is 2.64. The molecule has 1 aliphatic carbocycles. The van der Waals surface area contributed by atoms with Gasteiger partial charge < -0.3 is 10.5 Å². The smallest absolute Gasteiger partial charge is 0.305 e. The number of nitrogens with two attached hydrogens (primary N) is 1. The summed E-state index contributed by atoms with van der Waals surface area (Å²) in [6, 6.07) is 3.92. The zero-order valence-corrected chi connectivity index (χ0v) is 10.8. The van der Waals surface area contributed by atoms with Gasteiger partial charge in [-0.15, -0.1) is 0 Å². The van der Waals surface area contributed by atoms with E-state index in [1.807, 2.05) is 12.1 Å². The van der Waals surface area contributed by atoms with Crippen LogP contribution in [0.3, 0.4) is 0 Å². The van der Waals surface area contributed by atoms with Gasteiger partial charge in [0.15, 0.2) is 0 Å². The number of nitrogen functional groups attached to an aromatic ring is 1. The van der Waals surface area contributed by atoms with Crippen LogP contribution < -0.4 is 5.73 Å². The lowest BCUT2D eigenvalue weighted by Crippen LogP contribution is -2.17. The van der Waals surface area contributed by atoms with Crippen molar-refractivity contribution in [2.75, 3.05) is 12.8 Å². The Bertz CT molecular complexity index is 395. The molecule has 2 rings (SSSR count). The summed E-state index contributed by atoms with van der Waals surface area (Å²) in [4.78, 5) is 15.6. The maximum Gasteiger partial charge on any atom is 0.305 e. The van der Waals surface area contributed by atoms with Crippen molar-refractivity contribution in [1.29, 1.82) is 0 Å². The lowest BCUT2D eigenvalue weighted by atomic mass is 9.79. The Hall–Kier alpha value is -1.58. The van der Waals surface area contributed by atoms with E-state index in [1.54, 1.807) is 6.20 Å². The molecule has 1 heterocycles. The molecule has 2 N–H and O–H groups in total. The Morgan fingerprint density at radius 1 is 1.39 bits per heavy atom. The van der Waals surface area contributed by atoms with E-state index in [9.17, 15) is 4.79 Å². The maximum atomic E-state index is 11.2. The van der Waals surface area contributed by atoms with Crippen LogP contribution in [0.15, 0.2) is 18.3 Å². The first-order valence-corrected chi connectivity index (χ1v) is 6.47. The summed E-state index contributed by atoms with van der Waals surface area (Å²) >= 11 is 0. The quantitative estimate of drug-likeness (QED) is 0.835. The van der Waals surface area contributed by atoms with Crippen molar-refractivity contribution < 1.29 is 9.53 Å². The topological polar surface area (TPSA) is 65.2 Å². The number of hydrogen-bond donors (Lipinski definition) is 1. The molecule has 1 aromatic heterocycles. The predicted octanol–water partition coefficient (Wildman–Crippen LogP) is 2.50. The number of aromatic nitrogens is 1. The molecule has 98 valence electrons. The van der Waals surface area contributed by atoms with E-state index in [0.717, 1.165) is 31.4 Å². The summed E-state index contributed by atoms with van der Waals surface area (Å²) in [5, 5.41) is 0. The third kappa shape index (κ3) is 3.22. The van der Waals surface area contributed by atoms with Crippen LogP contribution in [0.2, 0.25) is 0 Å². The zero-order chi connectivity index (χ0) is 13.0. The van der Waals surface area contributed by atoms with E-state index in [1.165, 1.54) is 7.11 Å². The van der Waals surface area contributed by atoms with Gasteiger partial charge in [-0.25, -0.2) is 0 Å². The molecule has 4 heteroatoms. The van der Waals surface area contributed by atoms with Gasteiger partial charge in [-0.1, -0.05) is 0 Å². The highest BCUT2D eigenvalue weighted by atomic mass is 16.5. The van der Waals surface area contributed by atoms with Crippen LogP contribution in [0, 0.1) is 5.92 Å². The molecule has 0 amide bonds. The molecule has 0 spiro atoms. The van der Waals surface area contributed by atoms with Gasteiger partial charge >= 0.3 is 5.97 Å². The van der Waals surface area contributed by atoms with Crippen LogP contribution in [0.1, 0.15) is 43.7 Å². The highest BCUT2D eigenvalue weighted by Crippen LogP contribution is 2.36. The van der Waals surface area contributed by atoms with Crippen LogP contribution >= 0.6 is 0 Å². The molecule has 1 fully saturated rings. The molecule has 1 aliphatic rings. The van der Waals surface area contributed by atoms with Gasteiger partial charge in [-0.05, 0) is 43.7 Å². The van der Waals surface area contributed by atoms with Gasteiger partial charge in [0.25, 0.3) is 0 Å². The standard InChI is InChI=1S/C14H20N2O2/c1-18-14(17)8-10-2-4-11(5-3-10)13-7-6-12(15)9-16-13/h6-7,9-11H,2-5,8,15H2,1H3. The molecule has 0 bridgehead atoms. The van der Waals surface area contributed by atoms with E-state index in [2.05, 4.69) is 4.98 Å². The highest BCUT2D eigenvalue weighted by Gasteiger charge is 2.24. The predicted molar refractivity (Wildman–Crippen MR) is 70.0 cm³/mol. The Morgan fingerprint density at radius 2 is 2.11 bits per heavy atom. The second kappa shape index (κ2) is 5.85. The van der Waals surface area contributed by atoms with Gasteiger partial charge in [0, 0.05) is 18.0 Å². The SMILES string of the molecule is COC(=O)CC1CCC(c2ccc(N)cn2)CC1. The van der Waals surface area contributed by atoms with Crippen LogP contribution in [0.5, 0.6) is 0 Å². The number of ether oxygens (including phenoxy) is 1. The number of carbonyl (C=O) groups excluding carboxylic acids is 1. The Kier molecular flexibility index (Phi) is 4.18. The van der Waals surface area contributed by atoms with Crippen LogP contribution in [-0.2, 0) is 9.53 Å². The molecule has 0 saturated heterocycles. The number of rotatable bonds is 3. The maximum absolute atomic E-state index is 11.2. The second-order valence-corrected chi connectivity index (χ2v) is 5.01. The van der Waals surface area contributed by atoms with Crippen molar-refractivity contribution in [1.82, 2.24) is 4.98 Å². The summed E-state index contributed by atoms with van der Waals surface area (Å²) in [7, 11) is 1.45. The van der Waals surface area contributed by atoms with Crippen LogP contribution in [0.4, 0.5) is 5.69 Å². The van der Waals surface area contributed by atoms with Gasteiger partial charge in [-0.3, -0.25) is 9.78 Å². The first kappa shape index (κ1) is 12.9. The molecule has 18 heavy (non-hydrogen) atoms. The van der Waals surface area contributed by atoms with Gasteiger partial charge in [-0.2, -0.15) is 0 Å². The van der Waals surface area contributed by atoms with Gasteiger partial charge in [0.05, 0.1) is 19.0 Å². The molecule has 4 nitrogen and oxygen atoms in total. The fraction of sp³-hybridized carbons (Fsp3) is 0.571. The number of hydrogen-bond acceptors (Lipinski definition) is 4. The summed E-state index contributed by atoms with van der Waals surface area (Å²) in [6.07, 6.45) is 6.61. The Labute approximate surface area is 108 Å². The molecule has 0 unspecified atom stereocenters. The average Bonchev–Trinajstić information content (AvgIpc) is 2.40. The third-order valence-electron chi connectivity index (χ3n) is 3.76. The average molecular weight is 248 g/mol. The number of nitrogens with zero attached hydrogens (tertiary/aromatic N) is 1. The number of esters is 1. The molecule has 0 aliphatic heterocycles. The third-order valence-corrected chi connectivity index (χ3v) is 3.76. The van der Waals surface area contributed by atoms with Crippen molar-refractivity contribution in [2.45, 2.75) is 38.0 Å². The summed E-state index contributed by atoms with van der Waals surface area (Å²) in [5.74, 6) is 0.894. The lowest BCUT2D eigenvalue weighted by Gasteiger charge is -2.27. The van der Waals surface area contributed by atoms with Crippen LogP contribution in [-0.4, -0.2) is 18.1 Å². The molecule has 0 radical (unpaired) electrons. The van der Waals surface area contributed by atoms with Gasteiger partial charge in [0.1, 0.15) is 0 Å². The van der Waals surface area contributed by atoms with Crippen molar-refractivity contribution in [3.63, 3.8) is 0 Å². The monoisotopic (exact) mass is 248 g/mol. The lowest BCUT2D eigenvalue weighted by molar-refractivity contribution is -0.142. The van der Waals surface area contributed by atoms with E-state index in [0.29, 0.717) is 23.9 Å². The zero-order valence-electron chi connectivity index (χ0n) is 10.8. The fourth-order valence-corrected chi connectivity index (χ4v) is 2.64. The largest absolute Gasteiger partial charge is 0.469 e. The number of methoxy groups -OCH3 is 1. The molecular formula is C14H20N2O2. The summed E-state index contributed by atoms with van der Waals surface area (Å²) in [6.45, 7) is 0. The molecular weight excluding hydrogens is 228 g/mol. The first-order chi connectivity index (χ1) is 8.69. The number of anilines is 1. The van der Waals surface area contributed by atoms with E-state index in [4.69, 9.17) is 10.5 Å². The normalized spacial score (nSPS) is 23.6. The number of carbonyl (C=O) groups is 1. The molecule has 0 aromatic carbocycles. The minimum absolute atomic E-state index is 0.0935. The number of pyridine rings is 1. The molecule has 1 aromatic rings. The van der Waals surface area contributed by atoms with E-state index >= 15 is 0 Å². The molecule has 0 atom stereocenters. The van der Waals surface area contributed by atoms with E-state index < -0.39 is 0 Å². The van der Waals surface area contributed by atoms with E-state index in [-0.39, 0.29) is 5.97 Å². The summed E-state index contributed by atoms with van der Waals surface area (Å²) < 4.78 is 4.71. The highest BCUT2D eigenvalue weighted by molar-refractivity contribution is 5.69. The second-order valence-electron chi connectivity index (χ2n) is 5.01. The van der Waals surface area contributed by atoms with Crippen molar-refractivity contribution >= 4 is 11.7 Å². The van der Waals surface area contributed by atoms with Crippen molar-refractivity contribution in [3.05, 3.63) is 24.0 Å². The first-order valence-electron chi connectivity index (χ1n) is 6.47. The minimum Gasteiger partial charge on any atom is -0.469 e. The van der Waals surface area contributed by atoms with Crippen molar-refractivity contribution in [3.8, 4) is 0 Å².